The summed E-state index contributed by atoms with van der Waals surface area (Å²) in [6.07, 6.45) is 0.182. The summed E-state index contributed by atoms with van der Waals surface area (Å²) in [7, 11) is 1.66. The van der Waals surface area contributed by atoms with Crippen LogP contribution >= 0.6 is 11.3 Å². The lowest BCUT2D eigenvalue weighted by Gasteiger charge is -2.17. The molecule has 2 N–H and O–H groups in total. The summed E-state index contributed by atoms with van der Waals surface area (Å²) in [5.74, 6) is 1.91. The second kappa shape index (κ2) is 13.9. The number of methoxy groups -OCH3 is 1. The van der Waals surface area contributed by atoms with Crippen LogP contribution in [0.1, 0.15) is 42.3 Å². The van der Waals surface area contributed by atoms with Crippen LogP contribution < -0.4 is 10.1 Å². The molecule has 0 bridgehead atoms. The minimum atomic E-state index is -0.605. The molecular weight excluding hydrogens is 476 g/mol. The molecule has 3 aromatic rings. The van der Waals surface area contributed by atoms with Gasteiger partial charge in [-0.15, -0.1) is 11.3 Å². The number of aliphatic hydroxyl groups excluding tert-OH is 1. The summed E-state index contributed by atoms with van der Waals surface area (Å²) >= 11 is 1.72. The van der Waals surface area contributed by atoms with Crippen molar-refractivity contribution in [3.05, 3.63) is 39.8 Å². The molecule has 9 heteroatoms. The maximum Gasteiger partial charge on any atom is 0.268 e. The molecule has 0 aliphatic heterocycles. The van der Waals surface area contributed by atoms with Crippen molar-refractivity contribution in [3.63, 3.8) is 0 Å². The van der Waals surface area contributed by atoms with Gasteiger partial charge in [-0.25, -0.2) is 0 Å². The van der Waals surface area contributed by atoms with E-state index in [1.165, 1.54) is 10.4 Å². The van der Waals surface area contributed by atoms with Crippen molar-refractivity contribution in [2.24, 2.45) is 0 Å². The molecule has 3 rings (SSSR count). The van der Waals surface area contributed by atoms with E-state index in [9.17, 15) is 5.11 Å². The average Bonchev–Trinajstić information content (AvgIpc) is 3.51. The first-order chi connectivity index (χ1) is 17.4. The second-order valence-electron chi connectivity index (χ2n) is 8.90. The van der Waals surface area contributed by atoms with Crippen molar-refractivity contribution in [3.8, 4) is 27.9 Å². The Hall–Kier alpha value is -2.30. The third kappa shape index (κ3) is 7.36. The maximum atomic E-state index is 10.2. The molecule has 8 nitrogen and oxygen atoms in total. The number of aromatic nitrogens is 2. The van der Waals surface area contributed by atoms with E-state index in [1.54, 1.807) is 18.4 Å². The molecule has 1 unspecified atom stereocenters. The number of aryl methyl sites for hydroxylation is 3. The lowest BCUT2D eigenvalue weighted by molar-refractivity contribution is 0.103. The van der Waals surface area contributed by atoms with Crippen molar-refractivity contribution in [1.29, 1.82) is 0 Å². The van der Waals surface area contributed by atoms with Crippen molar-refractivity contribution in [2.75, 3.05) is 46.5 Å². The van der Waals surface area contributed by atoms with Crippen LogP contribution in [0, 0.1) is 13.8 Å². The topological polar surface area (TPSA) is 92.9 Å². The largest absolute Gasteiger partial charge is 0.490 e. The van der Waals surface area contributed by atoms with Gasteiger partial charge in [0.1, 0.15) is 18.5 Å². The lowest BCUT2D eigenvalue weighted by atomic mass is 10.0. The van der Waals surface area contributed by atoms with Crippen molar-refractivity contribution < 1.29 is 19.1 Å². The Labute approximate surface area is 218 Å². The van der Waals surface area contributed by atoms with Crippen LogP contribution in [-0.2, 0) is 17.7 Å². The zero-order valence-corrected chi connectivity index (χ0v) is 23.2. The first-order valence-electron chi connectivity index (χ1n) is 12.7. The Morgan fingerprint density at radius 2 is 1.92 bits per heavy atom. The van der Waals surface area contributed by atoms with Gasteiger partial charge in [-0.3, -0.25) is 4.90 Å². The van der Waals surface area contributed by atoms with E-state index in [2.05, 4.69) is 49.1 Å². The van der Waals surface area contributed by atoms with Gasteiger partial charge in [0.25, 0.3) is 5.89 Å². The Kier molecular flexibility index (Phi) is 10.9. The highest BCUT2D eigenvalue weighted by atomic mass is 32.1. The summed E-state index contributed by atoms with van der Waals surface area (Å²) in [6, 6.07) is 6.19. The molecule has 198 valence electrons. The van der Waals surface area contributed by atoms with E-state index in [0.717, 1.165) is 53.4 Å². The van der Waals surface area contributed by atoms with E-state index < -0.39 is 6.10 Å². The molecule has 0 saturated carbocycles. The highest BCUT2D eigenvalue weighted by molar-refractivity contribution is 7.15. The quantitative estimate of drug-likeness (QED) is 0.286. The monoisotopic (exact) mass is 516 g/mol. The second-order valence-corrected chi connectivity index (χ2v) is 10.0. The smallest absolute Gasteiger partial charge is 0.268 e. The maximum absolute atomic E-state index is 10.2. The number of ether oxygens (including phenoxy) is 2. The molecule has 0 spiro atoms. The van der Waals surface area contributed by atoms with Crippen molar-refractivity contribution >= 4 is 11.3 Å². The predicted octanol–water partition coefficient (Wildman–Crippen LogP) is 4.46. The number of aliphatic hydroxyl groups is 1. The number of nitrogens with one attached hydrogen (secondary N) is 1. The minimum Gasteiger partial charge on any atom is -0.490 e. The number of rotatable bonds is 15. The normalized spacial score (nSPS) is 12.4. The Morgan fingerprint density at radius 3 is 2.61 bits per heavy atom. The number of nitrogens with zero attached hydrogens (tertiary/aromatic N) is 3. The Morgan fingerprint density at radius 1 is 1.14 bits per heavy atom. The van der Waals surface area contributed by atoms with Gasteiger partial charge in [-0.1, -0.05) is 25.9 Å². The highest BCUT2D eigenvalue weighted by Crippen LogP contribution is 2.34. The third-order valence-electron chi connectivity index (χ3n) is 6.19. The number of hydrogen-bond donors (Lipinski definition) is 2. The average molecular weight is 517 g/mol. The summed E-state index contributed by atoms with van der Waals surface area (Å²) in [4.78, 5) is 9.44. The summed E-state index contributed by atoms with van der Waals surface area (Å²) in [5, 5.41) is 17.7. The van der Waals surface area contributed by atoms with Gasteiger partial charge in [0, 0.05) is 37.2 Å². The molecule has 2 heterocycles. The highest BCUT2D eigenvalue weighted by Gasteiger charge is 2.18. The number of hydrogen-bond acceptors (Lipinski definition) is 9. The molecule has 0 radical (unpaired) electrons. The van der Waals surface area contributed by atoms with Gasteiger partial charge in [0.15, 0.2) is 0 Å². The number of thiophene rings is 1. The van der Waals surface area contributed by atoms with Gasteiger partial charge in [-0.2, -0.15) is 4.98 Å². The van der Waals surface area contributed by atoms with Crippen LogP contribution in [0.5, 0.6) is 5.75 Å². The molecule has 1 atom stereocenters. The van der Waals surface area contributed by atoms with E-state index in [0.29, 0.717) is 31.4 Å². The molecule has 0 fully saturated rings. The van der Waals surface area contributed by atoms with Crippen LogP contribution in [-0.4, -0.2) is 72.8 Å². The molecular formula is C27H40N4O4S. The Bertz CT molecular complexity index is 1090. The van der Waals surface area contributed by atoms with E-state index in [-0.39, 0.29) is 6.61 Å². The summed E-state index contributed by atoms with van der Waals surface area (Å²) < 4.78 is 16.7. The van der Waals surface area contributed by atoms with E-state index in [4.69, 9.17) is 19.0 Å². The lowest BCUT2D eigenvalue weighted by Crippen LogP contribution is -2.33. The van der Waals surface area contributed by atoms with Gasteiger partial charge >= 0.3 is 0 Å². The fourth-order valence-electron chi connectivity index (χ4n) is 4.00. The van der Waals surface area contributed by atoms with Crippen molar-refractivity contribution in [2.45, 2.75) is 53.7 Å². The van der Waals surface area contributed by atoms with Crippen LogP contribution in [0.15, 0.2) is 22.7 Å². The van der Waals surface area contributed by atoms with E-state index >= 15 is 0 Å². The minimum absolute atomic E-state index is 0.215. The standard InChI is InChI=1S/C27H40N4O4S/c1-7-20-14-21(12-19(5)25(20)34-17-22(32)15-28-10-11-33-6)26-29-27(35-30-26)23-13-18(4)24(36-23)16-31(8-2)9-3/h12-14,22,28,32H,7-11,15-17H2,1-6H3. The molecule has 36 heavy (non-hydrogen) atoms. The van der Waals surface area contributed by atoms with Gasteiger partial charge in [0.05, 0.1) is 11.5 Å². The first-order valence-corrected chi connectivity index (χ1v) is 13.5. The predicted molar refractivity (Wildman–Crippen MR) is 145 cm³/mol. The molecule has 0 amide bonds. The fourth-order valence-corrected chi connectivity index (χ4v) is 5.14. The van der Waals surface area contributed by atoms with Crippen LogP contribution in [0.4, 0.5) is 0 Å². The van der Waals surface area contributed by atoms with E-state index in [1.807, 2.05) is 19.1 Å². The van der Waals surface area contributed by atoms with Gasteiger partial charge < -0.3 is 24.4 Å². The van der Waals surface area contributed by atoms with Crippen LogP contribution in [0.25, 0.3) is 22.2 Å². The summed E-state index contributed by atoms with van der Waals surface area (Å²) in [5.41, 5.74) is 4.17. The Balaban J connectivity index is 1.72. The van der Waals surface area contributed by atoms with Crippen molar-refractivity contribution in [1.82, 2.24) is 20.4 Å². The molecule has 0 saturated heterocycles. The van der Waals surface area contributed by atoms with Gasteiger partial charge in [-0.05, 0) is 68.2 Å². The molecule has 0 aliphatic rings. The van der Waals surface area contributed by atoms with Crippen LogP contribution in [0.2, 0.25) is 0 Å². The summed E-state index contributed by atoms with van der Waals surface area (Å²) in [6.45, 7) is 15.5. The first kappa shape index (κ1) is 28.3. The zero-order valence-electron chi connectivity index (χ0n) is 22.4. The fraction of sp³-hybridized carbons (Fsp3) is 0.556. The number of benzene rings is 1. The SMILES string of the molecule is CCc1cc(-c2noc(-c3cc(C)c(CN(CC)CC)s3)n2)cc(C)c1OCC(O)CNCCOC. The third-order valence-corrected chi connectivity index (χ3v) is 7.40. The molecule has 1 aromatic carbocycles. The van der Waals surface area contributed by atoms with Gasteiger partial charge in [0.2, 0.25) is 5.82 Å². The molecule has 2 aromatic heterocycles. The molecule has 0 aliphatic carbocycles. The van der Waals surface area contributed by atoms with Crippen LogP contribution in [0.3, 0.4) is 0 Å². The zero-order chi connectivity index (χ0) is 26.1.